The number of carbonyl (C=O) groups excluding carboxylic acids is 2. The van der Waals surface area contributed by atoms with Gasteiger partial charge < -0.3 is 25.4 Å². The van der Waals surface area contributed by atoms with Crippen LogP contribution in [0.1, 0.15) is 45.9 Å². The molecule has 0 radical (unpaired) electrons. The molecule has 1 unspecified atom stereocenters. The molecule has 0 saturated carbocycles. The van der Waals surface area contributed by atoms with Gasteiger partial charge in [0.1, 0.15) is 6.54 Å². The lowest BCUT2D eigenvalue weighted by molar-refractivity contribution is -0.137. The number of rotatable bonds is 8. The largest absolute Gasteiger partial charge is 0.416 e. The molecule has 3 N–H and O–H groups in total. The SMILES string of the molecule is O=C(CN1Cc2ccc(-c3nc(NC4CCOCC4)ncc3Cl)cc2C1=O)NC(CO)c1cccc(C(F)(F)F)c1. The molecule has 1 saturated heterocycles. The molecule has 5 rings (SSSR count). The van der Waals surface area contributed by atoms with E-state index in [0.717, 1.165) is 25.0 Å². The minimum absolute atomic E-state index is 0.101. The first-order valence-corrected chi connectivity index (χ1v) is 13.4. The normalized spacial score (nSPS) is 16.4. The lowest BCUT2D eigenvalue weighted by atomic mass is 10.0. The van der Waals surface area contributed by atoms with Crippen LogP contribution in [0.5, 0.6) is 0 Å². The Balaban J connectivity index is 1.27. The van der Waals surface area contributed by atoms with Gasteiger partial charge in [0.2, 0.25) is 11.9 Å². The van der Waals surface area contributed by atoms with E-state index in [9.17, 15) is 27.9 Å². The molecule has 3 heterocycles. The zero-order chi connectivity index (χ0) is 29.1. The van der Waals surface area contributed by atoms with Crippen molar-refractivity contribution in [2.45, 2.75) is 37.6 Å². The molecular weight excluding hydrogens is 563 g/mol. The third kappa shape index (κ3) is 6.61. The Hall–Kier alpha value is -3.74. The van der Waals surface area contributed by atoms with Crippen LogP contribution >= 0.6 is 11.6 Å². The monoisotopic (exact) mass is 589 g/mol. The minimum atomic E-state index is -4.56. The lowest BCUT2D eigenvalue weighted by Crippen LogP contribution is -2.40. The van der Waals surface area contributed by atoms with E-state index in [0.29, 0.717) is 46.6 Å². The number of nitrogens with one attached hydrogen (secondary N) is 2. The predicted octanol–water partition coefficient (Wildman–Crippen LogP) is 4.21. The number of aromatic nitrogens is 2. The van der Waals surface area contributed by atoms with E-state index in [1.165, 1.54) is 23.2 Å². The fraction of sp³-hybridized carbons (Fsp3) is 0.357. The first kappa shape index (κ1) is 28.8. The number of ether oxygens (including phenoxy) is 1. The highest BCUT2D eigenvalue weighted by Crippen LogP contribution is 2.33. The molecule has 2 aliphatic heterocycles. The van der Waals surface area contributed by atoms with Gasteiger partial charge in [0.05, 0.1) is 35.1 Å². The van der Waals surface area contributed by atoms with E-state index < -0.39 is 30.3 Å². The lowest BCUT2D eigenvalue weighted by Gasteiger charge is -2.23. The van der Waals surface area contributed by atoms with Crippen LogP contribution in [0.15, 0.2) is 48.7 Å². The van der Waals surface area contributed by atoms with Gasteiger partial charge in [-0.1, -0.05) is 35.9 Å². The minimum Gasteiger partial charge on any atom is -0.394 e. The van der Waals surface area contributed by atoms with E-state index in [1.807, 2.05) is 0 Å². The Morgan fingerprint density at radius 3 is 2.71 bits per heavy atom. The number of aliphatic hydroxyl groups is 1. The highest BCUT2D eigenvalue weighted by molar-refractivity contribution is 6.33. The Kier molecular flexibility index (Phi) is 8.43. The molecule has 1 atom stereocenters. The van der Waals surface area contributed by atoms with Crippen molar-refractivity contribution in [3.05, 3.63) is 75.9 Å². The number of aliphatic hydroxyl groups excluding tert-OH is 1. The molecule has 2 aliphatic rings. The van der Waals surface area contributed by atoms with E-state index >= 15 is 0 Å². The highest BCUT2D eigenvalue weighted by atomic mass is 35.5. The number of carbonyl (C=O) groups is 2. The number of amides is 2. The number of anilines is 1. The van der Waals surface area contributed by atoms with Crippen LogP contribution < -0.4 is 10.6 Å². The maximum Gasteiger partial charge on any atom is 0.416 e. The van der Waals surface area contributed by atoms with Crippen molar-refractivity contribution in [2.75, 3.05) is 31.7 Å². The van der Waals surface area contributed by atoms with Crippen molar-refractivity contribution < 1.29 is 32.6 Å². The first-order chi connectivity index (χ1) is 19.6. The van der Waals surface area contributed by atoms with Crippen molar-refractivity contribution in [3.8, 4) is 11.3 Å². The van der Waals surface area contributed by atoms with E-state index in [-0.39, 0.29) is 30.6 Å². The molecule has 1 fully saturated rings. The van der Waals surface area contributed by atoms with Gasteiger partial charge in [0, 0.05) is 36.9 Å². The van der Waals surface area contributed by atoms with Crippen LogP contribution in [0.3, 0.4) is 0 Å². The summed E-state index contributed by atoms with van der Waals surface area (Å²) in [5, 5.41) is 15.9. The fourth-order valence-corrected chi connectivity index (χ4v) is 5.08. The van der Waals surface area contributed by atoms with Crippen molar-refractivity contribution in [2.24, 2.45) is 0 Å². The Morgan fingerprint density at radius 1 is 1.20 bits per heavy atom. The average Bonchev–Trinajstić information content (AvgIpc) is 3.27. The second kappa shape index (κ2) is 12.0. The van der Waals surface area contributed by atoms with Gasteiger partial charge in [0.15, 0.2) is 0 Å². The summed E-state index contributed by atoms with van der Waals surface area (Å²) in [7, 11) is 0. The summed E-state index contributed by atoms with van der Waals surface area (Å²) in [6.07, 6.45) is -1.40. The standard InChI is InChI=1S/C28H27ClF3N5O4/c29-22-12-33-27(34-20-6-8-41-9-7-20)36-25(22)17-4-5-18-13-37(26(40)21(18)11-17)14-24(39)35-23(15-38)16-2-1-3-19(10-16)28(30,31)32/h1-5,10-12,20,23,38H,6-9,13-15H2,(H,35,39)(H,33,34,36). The maximum atomic E-state index is 13.2. The molecule has 0 aliphatic carbocycles. The highest BCUT2D eigenvalue weighted by Gasteiger charge is 2.32. The smallest absolute Gasteiger partial charge is 0.394 e. The van der Waals surface area contributed by atoms with Gasteiger partial charge in [-0.2, -0.15) is 13.2 Å². The summed E-state index contributed by atoms with van der Waals surface area (Å²) in [6.45, 7) is 0.529. The van der Waals surface area contributed by atoms with Gasteiger partial charge >= 0.3 is 6.18 Å². The Morgan fingerprint density at radius 2 is 1.98 bits per heavy atom. The molecule has 216 valence electrons. The van der Waals surface area contributed by atoms with Gasteiger partial charge in [-0.15, -0.1) is 0 Å². The second-order valence-corrected chi connectivity index (χ2v) is 10.3. The van der Waals surface area contributed by atoms with Crippen molar-refractivity contribution >= 4 is 29.4 Å². The number of alkyl halides is 3. The number of hydrogen-bond acceptors (Lipinski definition) is 7. The summed E-state index contributed by atoms with van der Waals surface area (Å²) < 4.78 is 44.7. The van der Waals surface area contributed by atoms with E-state index in [2.05, 4.69) is 20.6 Å². The van der Waals surface area contributed by atoms with Gasteiger partial charge in [-0.25, -0.2) is 9.97 Å². The van der Waals surface area contributed by atoms with Gasteiger partial charge in [0.25, 0.3) is 5.91 Å². The number of benzene rings is 2. The predicted molar refractivity (Wildman–Crippen MR) is 144 cm³/mol. The second-order valence-electron chi connectivity index (χ2n) is 9.88. The van der Waals surface area contributed by atoms with E-state index in [1.54, 1.807) is 18.2 Å². The number of nitrogens with zero attached hydrogens (tertiary/aromatic N) is 3. The Labute approximate surface area is 238 Å². The molecule has 9 nitrogen and oxygen atoms in total. The van der Waals surface area contributed by atoms with Gasteiger partial charge in [-0.05, 0) is 42.2 Å². The van der Waals surface area contributed by atoms with Crippen LogP contribution in [-0.4, -0.2) is 64.2 Å². The van der Waals surface area contributed by atoms with Crippen molar-refractivity contribution in [1.82, 2.24) is 20.2 Å². The third-order valence-electron chi connectivity index (χ3n) is 7.03. The molecule has 3 aromatic rings. The van der Waals surface area contributed by atoms with Crippen LogP contribution in [0.2, 0.25) is 5.02 Å². The molecular formula is C28H27ClF3N5O4. The first-order valence-electron chi connectivity index (χ1n) is 13.0. The molecule has 41 heavy (non-hydrogen) atoms. The quantitative estimate of drug-likeness (QED) is 0.360. The molecule has 1 aromatic heterocycles. The molecule has 0 spiro atoms. The van der Waals surface area contributed by atoms with E-state index in [4.69, 9.17) is 16.3 Å². The number of halogens is 4. The zero-order valence-corrected chi connectivity index (χ0v) is 22.5. The topological polar surface area (TPSA) is 117 Å². The third-order valence-corrected chi connectivity index (χ3v) is 7.31. The van der Waals surface area contributed by atoms with Crippen molar-refractivity contribution in [3.63, 3.8) is 0 Å². The summed E-state index contributed by atoms with van der Waals surface area (Å²) in [4.78, 5) is 36.1. The van der Waals surface area contributed by atoms with Gasteiger partial charge in [-0.3, -0.25) is 9.59 Å². The zero-order valence-electron chi connectivity index (χ0n) is 21.7. The van der Waals surface area contributed by atoms with Crippen molar-refractivity contribution in [1.29, 1.82) is 0 Å². The fourth-order valence-electron chi connectivity index (χ4n) is 4.88. The number of fused-ring (bicyclic) bond motifs is 1. The number of hydrogen-bond donors (Lipinski definition) is 3. The van der Waals surface area contributed by atoms with Crippen LogP contribution in [-0.2, 0) is 22.3 Å². The summed E-state index contributed by atoms with van der Waals surface area (Å²) >= 11 is 6.40. The average molecular weight is 590 g/mol. The van der Waals surface area contributed by atoms with Crippen LogP contribution in [0.25, 0.3) is 11.3 Å². The summed E-state index contributed by atoms with van der Waals surface area (Å²) in [6, 6.07) is 8.71. The van der Waals surface area contributed by atoms with Crippen LogP contribution in [0, 0.1) is 0 Å². The molecule has 2 aromatic carbocycles. The molecule has 2 amide bonds. The summed E-state index contributed by atoms with van der Waals surface area (Å²) in [5.74, 6) is -0.589. The Bertz CT molecular complexity index is 1450. The van der Waals surface area contributed by atoms with Crippen LogP contribution in [0.4, 0.5) is 19.1 Å². The summed E-state index contributed by atoms with van der Waals surface area (Å²) in [5.41, 5.74) is 1.36. The molecule has 13 heteroatoms. The molecule has 0 bridgehead atoms. The maximum absolute atomic E-state index is 13.2.